The molecule has 0 spiro atoms. The van der Waals surface area contributed by atoms with Crippen molar-refractivity contribution in [1.82, 2.24) is 0 Å². The predicted molar refractivity (Wildman–Crippen MR) is 365 cm³/mol. The summed E-state index contributed by atoms with van der Waals surface area (Å²) in [5, 5.41) is 350. The minimum Gasteiger partial charge on any atom is -0.508 e. The SMILES string of the molecule is OC1=CC([C@H]2Oc3c(c(O)cc(O)c3[C@@H]3c4c(O)cc(O)c([C@H]5c6c(O)cc(O)c([C@@H]7c8c(O)cc(O)c([C@H]9c%10c(O)cc(O)cc%10O[C@H](c%10cc(O)c(O)c(O)c%10)[C@@H]9O)c8O[C@H](c8cc(O)c(O)c(O)c8)[C@@H]7O)c6O[C@H](c6cc(O)c(O)c(O)c6)[C@@H]5O)c4O[C@H](c4cc(O)c(O)c(O)c4)[C@@H]3O)C[C@H]2O)CC(O)=C1O. The van der Waals surface area contributed by atoms with E-state index in [4.69, 9.17) is 23.7 Å². The Morgan fingerprint density at radius 3 is 0.864 bits per heavy atom. The van der Waals surface area contributed by atoms with Gasteiger partial charge in [-0.05, 0) is 54.6 Å². The third-order valence-electron chi connectivity index (χ3n) is 21.0. The molecule has 1 unspecified atom stereocenters. The zero-order valence-electron chi connectivity index (χ0n) is 55.7. The quantitative estimate of drug-likeness (QED) is 0.0718. The van der Waals surface area contributed by atoms with Gasteiger partial charge in [0.25, 0.3) is 0 Å². The summed E-state index contributed by atoms with van der Waals surface area (Å²) in [6.07, 6.45) is -21.7. The molecule has 30 N–H and O–H groups in total. The van der Waals surface area contributed by atoms with E-state index in [1.807, 2.05) is 0 Å². The first-order valence-electron chi connectivity index (χ1n) is 33.1. The number of benzene rings is 9. The Hall–Kier alpha value is -13.7. The van der Waals surface area contributed by atoms with Gasteiger partial charge < -0.3 is 177 Å². The van der Waals surface area contributed by atoms with Crippen molar-refractivity contribution in [3.8, 4) is 155 Å². The summed E-state index contributed by atoms with van der Waals surface area (Å²) in [5.41, 5.74) is -8.36. The van der Waals surface area contributed by atoms with E-state index >= 15 is 0 Å². The zero-order chi connectivity index (χ0) is 79.0. The zero-order valence-corrected chi connectivity index (χ0v) is 55.7. The van der Waals surface area contributed by atoms with Gasteiger partial charge in [-0.2, -0.15) is 0 Å². The third-order valence-corrected chi connectivity index (χ3v) is 21.0. The number of ether oxygens (including phenoxy) is 5. The van der Waals surface area contributed by atoms with Crippen LogP contribution in [0.1, 0.15) is 127 Å². The van der Waals surface area contributed by atoms with Crippen molar-refractivity contribution in [3.63, 3.8) is 0 Å². The number of aromatic hydroxyl groups is 22. The number of hydrogen-bond donors (Lipinski definition) is 30. The van der Waals surface area contributed by atoms with Crippen LogP contribution in [0.2, 0.25) is 0 Å². The van der Waals surface area contributed by atoms with E-state index in [9.17, 15) is 153 Å². The predicted octanol–water partition coefficient (Wildman–Crippen LogP) is 6.17. The molecular formula is C75H64O35. The lowest BCUT2D eigenvalue weighted by Crippen LogP contribution is -2.44. The van der Waals surface area contributed by atoms with Crippen LogP contribution >= 0.6 is 0 Å². The molecular weight excluding hydrogens is 1460 g/mol. The normalized spacial score (nSPS) is 25.2. The molecule has 35 heteroatoms. The number of phenols is 22. The average Bonchev–Trinajstić information content (AvgIpc) is 0.707. The van der Waals surface area contributed by atoms with Gasteiger partial charge in [0, 0.05) is 127 Å². The van der Waals surface area contributed by atoms with Gasteiger partial charge in [0.1, 0.15) is 123 Å². The van der Waals surface area contributed by atoms with E-state index < -0.39 is 337 Å². The van der Waals surface area contributed by atoms with Crippen molar-refractivity contribution in [2.75, 3.05) is 0 Å². The molecule has 110 heavy (non-hydrogen) atoms. The van der Waals surface area contributed by atoms with Crippen molar-refractivity contribution in [1.29, 1.82) is 0 Å². The van der Waals surface area contributed by atoms with Crippen molar-refractivity contribution < 1.29 is 177 Å². The fraction of sp³-hybridized carbons (Fsp3) is 0.227. The van der Waals surface area contributed by atoms with Gasteiger partial charge in [0.2, 0.25) is 0 Å². The number of rotatable bonds is 9. The second-order valence-electron chi connectivity index (χ2n) is 27.5. The van der Waals surface area contributed by atoms with Crippen LogP contribution in [0.4, 0.5) is 0 Å². The van der Waals surface area contributed by atoms with Gasteiger partial charge in [-0.3, -0.25) is 0 Å². The molecule has 6 aliphatic rings. The highest BCUT2D eigenvalue weighted by Gasteiger charge is 2.56. The lowest BCUT2D eigenvalue weighted by atomic mass is 9.71. The van der Waals surface area contributed by atoms with E-state index in [0.717, 1.165) is 60.7 Å². The molecule has 574 valence electrons. The highest BCUT2D eigenvalue weighted by atomic mass is 16.5. The lowest BCUT2D eigenvalue weighted by molar-refractivity contribution is -0.0138. The fourth-order valence-corrected chi connectivity index (χ4v) is 16.1. The van der Waals surface area contributed by atoms with Crippen molar-refractivity contribution >= 4 is 0 Å². The van der Waals surface area contributed by atoms with Crippen molar-refractivity contribution in [2.45, 2.75) is 97.6 Å². The Morgan fingerprint density at radius 1 is 0.264 bits per heavy atom. The minimum atomic E-state index is -2.53. The van der Waals surface area contributed by atoms with E-state index in [1.54, 1.807) is 0 Å². The van der Waals surface area contributed by atoms with Crippen LogP contribution < -0.4 is 23.7 Å². The van der Waals surface area contributed by atoms with Gasteiger partial charge in [0.15, 0.2) is 105 Å². The summed E-state index contributed by atoms with van der Waals surface area (Å²) in [4.78, 5) is 0. The maximum Gasteiger partial charge on any atom is 0.200 e. The molecule has 0 radical (unpaired) electrons. The summed E-state index contributed by atoms with van der Waals surface area (Å²) >= 11 is 0. The van der Waals surface area contributed by atoms with Gasteiger partial charge in [-0.25, -0.2) is 0 Å². The van der Waals surface area contributed by atoms with Crippen molar-refractivity contribution in [2.24, 2.45) is 5.92 Å². The topological polar surface area (TPSA) is 653 Å². The number of phenolic OH excluding ortho intramolecular Hbond substituents is 22. The molecule has 5 heterocycles. The van der Waals surface area contributed by atoms with E-state index in [-0.39, 0.29) is 11.1 Å². The Morgan fingerprint density at radius 2 is 0.545 bits per heavy atom. The van der Waals surface area contributed by atoms with Crippen molar-refractivity contribution in [3.05, 3.63) is 181 Å². The Kier molecular flexibility index (Phi) is 16.6. The molecule has 0 amide bonds. The fourth-order valence-electron chi connectivity index (χ4n) is 16.1. The van der Waals surface area contributed by atoms with Gasteiger partial charge in [-0.15, -0.1) is 0 Å². The van der Waals surface area contributed by atoms with E-state index in [0.29, 0.717) is 30.3 Å². The molecule has 9 aromatic rings. The van der Waals surface area contributed by atoms with E-state index in [2.05, 4.69) is 0 Å². The molecule has 0 bridgehead atoms. The molecule has 0 aromatic heterocycles. The Labute approximate surface area is 614 Å². The average molecular weight is 1530 g/mol. The van der Waals surface area contributed by atoms with Crippen LogP contribution in [0, 0.1) is 5.92 Å². The van der Waals surface area contributed by atoms with Gasteiger partial charge in [-0.1, -0.05) is 0 Å². The highest BCUT2D eigenvalue weighted by molar-refractivity contribution is 5.75. The van der Waals surface area contributed by atoms with Crippen LogP contribution in [-0.2, 0) is 6.42 Å². The minimum absolute atomic E-state index is 0.322. The first-order chi connectivity index (χ1) is 52.0. The smallest absolute Gasteiger partial charge is 0.200 e. The lowest BCUT2D eigenvalue weighted by Gasteiger charge is -2.45. The van der Waals surface area contributed by atoms with Crippen LogP contribution in [0.5, 0.6) is 155 Å². The van der Waals surface area contributed by atoms with Crippen LogP contribution in [0.25, 0.3) is 0 Å². The maximum atomic E-state index is 13.4. The number of allylic oxidation sites excluding steroid dienone is 1. The molecule has 0 saturated heterocycles. The largest absolute Gasteiger partial charge is 0.508 e. The molecule has 0 fully saturated rings. The van der Waals surface area contributed by atoms with Crippen LogP contribution in [0.15, 0.2) is 108 Å². The van der Waals surface area contributed by atoms with Crippen LogP contribution in [-0.4, -0.2) is 190 Å². The number of aliphatic hydroxyl groups is 8. The Bertz CT molecular complexity index is 5380. The number of aliphatic hydroxyl groups excluding tert-OH is 8. The number of hydrogen-bond acceptors (Lipinski definition) is 35. The first-order valence-corrected chi connectivity index (χ1v) is 33.1. The second kappa shape index (κ2) is 25.5. The van der Waals surface area contributed by atoms with Gasteiger partial charge in [0.05, 0.1) is 29.8 Å². The summed E-state index contributed by atoms with van der Waals surface area (Å²) < 4.78 is 32.4. The monoisotopic (exact) mass is 1520 g/mol. The highest BCUT2D eigenvalue weighted by Crippen LogP contribution is 2.67. The molecule has 1 aliphatic carbocycles. The molecule has 0 saturated carbocycles. The third kappa shape index (κ3) is 10.9. The van der Waals surface area contributed by atoms with Crippen LogP contribution in [0.3, 0.4) is 0 Å². The Balaban J connectivity index is 1.01. The molecule has 9 aromatic carbocycles. The first kappa shape index (κ1) is 71.9. The standard InChI is InChI=1S/C75H64O35/c76-23-11-26(78)46-45(12-23)106-68(19-3-36(88)59(98)37(89)4-19)63(102)54(46)48-28(80)15-30(82)50-56(65(104)70(108-73(48)50)21-7-40(92)61(100)41(93)8-21)52-32(84)17-33(85)53-57(66(105)71(110-75(52)53)22-9-42(94)62(101)43(95)10-22)51-31(83)16-29(81)49-55(64(103)69(109-74(49)51)20-5-38(90)60(99)39(91)6-20)47-27(79)14-25(77)24-13-44(96)67(107-72(24)47)18-1-34(86)58(97)35(87)2-18/h1,3-12,14-18,44,54-57,63-71,76-105H,2,13H2/t18?,44-,54-,55-,56+,57+,63-,64-,65-,66-,67-,68-,69-,70-,71-/m1/s1. The molecule has 15 atom stereocenters. The summed E-state index contributed by atoms with van der Waals surface area (Å²) in [6.45, 7) is 0. The molecule has 35 nitrogen and oxygen atoms in total. The van der Waals surface area contributed by atoms with E-state index in [1.165, 1.54) is 0 Å². The molecule has 5 aliphatic heterocycles. The summed E-state index contributed by atoms with van der Waals surface area (Å²) in [7, 11) is 0. The molecule has 15 rings (SSSR count). The second-order valence-corrected chi connectivity index (χ2v) is 27.5. The summed E-state index contributed by atoms with van der Waals surface area (Å²) in [5.74, 6) is -40.0. The maximum absolute atomic E-state index is 13.4. The number of fused-ring (bicyclic) bond motifs is 5. The summed E-state index contributed by atoms with van der Waals surface area (Å²) in [6, 6.07) is 10.2. The van der Waals surface area contributed by atoms with Gasteiger partial charge >= 0.3 is 0 Å².